The summed E-state index contributed by atoms with van der Waals surface area (Å²) in [5, 5.41) is 6.94. The van der Waals surface area contributed by atoms with Crippen LogP contribution in [0.3, 0.4) is 0 Å². The zero-order valence-electron chi connectivity index (χ0n) is 17.8. The number of hydrogen-bond acceptors (Lipinski definition) is 5. The van der Waals surface area contributed by atoms with Crippen molar-refractivity contribution in [2.75, 3.05) is 18.9 Å². The van der Waals surface area contributed by atoms with Gasteiger partial charge < -0.3 is 20.0 Å². The fraction of sp³-hybridized carbons (Fsp3) is 0.292. The Bertz CT molecular complexity index is 1150. The van der Waals surface area contributed by atoms with Crippen molar-refractivity contribution < 1.29 is 14.0 Å². The van der Waals surface area contributed by atoms with Gasteiger partial charge in [-0.1, -0.05) is 31.5 Å². The number of hydrogen-bond donors (Lipinski definition) is 2. The number of nitrogens with zero attached hydrogens (tertiary/aromatic N) is 2. The van der Waals surface area contributed by atoms with Crippen molar-refractivity contribution in [1.29, 1.82) is 0 Å². The number of pyridine rings is 1. The summed E-state index contributed by atoms with van der Waals surface area (Å²) >= 11 is 0. The Morgan fingerprint density at radius 2 is 2.13 bits per heavy atom. The molecule has 2 aromatic heterocycles. The molecule has 0 fully saturated rings. The molecule has 0 atom stereocenters. The number of fused-ring (bicyclic) bond motifs is 2. The van der Waals surface area contributed by atoms with Crippen LogP contribution in [-0.4, -0.2) is 35.3 Å². The van der Waals surface area contributed by atoms with Gasteiger partial charge in [-0.15, -0.1) is 0 Å². The number of aryl methyl sites for hydroxylation is 1. The van der Waals surface area contributed by atoms with Crippen molar-refractivity contribution in [3.8, 4) is 0 Å². The molecule has 1 aliphatic heterocycles. The number of benzene rings is 1. The van der Waals surface area contributed by atoms with E-state index in [9.17, 15) is 9.59 Å². The fourth-order valence-electron chi connectivity index (χ4n) is 3.74. The van der Waals surface area contributed by atoms with E-state index in [0.29, 0.717) is 18.9 Å². The van der Waals surface area contributed by atoms with Gasteiger partial charge in [-0.05, 0) is 30.2 Å². The molecule has 0 saturated carbocycles. The van der Waals surface area contributed by atoms with Crippen LogP contribution in [0.25, 0.3) is 17.0 Å². The molecule has 2 N–H and O–H groups in total. The van der Waals surface area contributed by atoms with Crippen molar-refractivity contribution in [2.24, 2.45) is 0 Å². The average Bonchev–Trinajstić information content (AvgIpc) is 2.98. The SMILES string of the molecule is CCCc1c(CN(C)C(=O)/C=C/c2cnc3c(c2)CNCC(=O)N3)oc2ccccc12. The van der Waals surface area contributed by atoms with Gasteiger partial charge in [0.25, 0.3) is 0 Å². The predicted octanol–water partition coefficient (Wildman–Crippen LogP) is 3.49. The predicted molar refractivity (Wildman–Crippen MR) is 120 cm³/mol. The highest BCUT2D eigenvalue weighted by Crippen LogP contribution is 2.28. The normalized spacial score (nSPS) is 13.8. The van der Waals surface area contributed by atoms with Crippen LogP contribution in [0.4, 0.5) is 5.82 Å². The van der Waals surface area contributed by atoms with Gasteiger partial charge in [-0.2, -0.15) is 0 Å². The zero-order valence-corrected chi connectivity index (χ0v) is 17.8. The minimum atomic E-state index is -0.121. The Kier molecular flexibility index (Phi) is 6.13. The van der Waals surface area contributed by atoms with Crippen LogP contribution in [0, 0.1) is 0 Å². The van der Waals surface area contributed by atoms with Crippen molar-refractivity contribution in [2.45, 2.75) is 32.9 Å². The maximum Gasteiger partial charge on any atom is 0.246 e. The van der Waals surface area contributed by atoms with Crippen LogP contribution < -0.4 is 10.6 Å². The van der Waals surface area contributed by atoms with Crippen LogP contribution in [0.2, 0.25) is 0 Å². The molecule has 3 heterocycles. The van der Waals surface area contributed by atoms with Crippen LogP contribution in [0.5, 0.6) is 0 Å². The summed E-state index contributed by atoms with van der Waals surface area (Å²) in [6.07, 6.45) is 6.84. The van der Waals surface area contributed by atoms with Crippen molar-refractivity contribution in [3.63, 3.8) is 0 Å². The Balaban J connectivity index is 1.47. The summed E-state index contributed by atoms with van der Waals surface area (Å²) < 4.78 is 6.05. The van der Waals surface area contributed by atoms with Gasteiger partial charge in [0.15, 0.2) is 0 Å². The molecule has 0 aliphatic carbocycles. The number of nitrogens with one attached hydrogen (secondary N) is 2. The number of aromatic nitrogens is 1. The van der Waals surface area contributed by atoms with E-state index in [0.717, 1.165) is 40.7 Å². The van der Waals surface area contributed by atoms with Crippen LogP contribution in [0.15, 0.2) is 47.0 Å². The number of likely N-dealkylation sites (N-methyl/N-ethyl adjacent to an activating group) is 1. The minimum Gasteiger partial charge on any atom is -0.459 e. The van der Waals surface area contributed by atoms with Gasteiger partial charge in [0, 0.05) is 42.4 Å². The number of carbonyl (C=O) groups excluding carboxylic acids is 2. The molecule has 0 saturated heterocycles. The number of furan rings is 1. The van der Waals surface area contributed by atoms with E-state index in [1.807, 2.05) is 24.3 Å². The van der Waals surface area contributed by atoms with E-state index in [-0.39, 0.29) is 18.4 Å². The molecule has 2 amide bonds. The minimum absolute atomic E-state index is 0.112. The summed E-state index contributed by atoms with van der Waals surface area (Å²) in [6.45, 7) is 3.35. The molecule has 0 spiro atoms. The van der Waals surface area contributed by atoms with Gasteiger partial charge >= 0.3 is 0 Å². The third-order valence-electron chi connectivity index (χ3n) is 5.30. The molecule has 1 aromatic carbocycles. The molecule has 0 radical (unpaired) electrons. The average molecular weight is 418 g/mol. The van der Waals surface area contributed by atoms with E-state index in [1.165, 1.54) is 11.6 Å². The van der Waals surface area contributed by atoms with E-state index < -0.39 is 0 Å². The summed E-state index contributed by atoms with van der Waals surface area (Å²) in [6, 6.07) is 9.91. The number of carbonyl (C=O) groups is 2. The lowest BCUT2D eigenvalue weighted by molar-refractivity contribution is -0.125. The highest BCUT2D eigenvalue weighted by atomic mass is 16.3. The standard InChI is InChI=1S/C24H26N4O3/c1-3-6-18-19-7-4-5-8-20(19)31-21(18)15-28(2)23(30)10-9-16-11-17-13-25-14-22(29)27-24(17)26-12-16/h4-5,7-12,25H,3,6,13-15H2,1-2H3,(H,26,27,29)/b10-9+. The molecule has 1 aliphatic rings. The quantitative estimate of drug-likeness (QED) is 0.599. The summed E-state index contributed by atoms with van der Waals surface area (Å²) in [4.78, 5) is 30.3. The Morgan fingerprint density at radius 1 is 1.29 bits per heavy atom. The number of rotatable bonds is 6. The van der Waals surface area contributed by atoms with E-state index >= 15 is 0 Å². The first-order valence-electron chi connectivity index (χ1n) is 10.5. The Hall–Kier alpha value is -3.45. The topological polar surface area (TPSA) is 87.5 Å². The summed E-state index contributed by atoms with van der Waals surface area (Å²) in [5.74, 6) is 1.16. The first-order valence-corrected chi connectivity index (χ1v) is 10.5. The molecule has 7 heteroatoms. The lowest BCUT2D eigenvalue weighted by Gasteiger charge is -2.14. The lowest BCUT2D eigenvalue weighted by atomic mass is 10.1. The Morgan fingerprint density at radius 3 is 2.97 bits per heavy atom. The molecule has 0 bridgehead atoms. The highest BCUT2D eigenvalue weighted by Gasteiger charge is 2.17. The van der Waals surface area contributed by atoms with E-state index in [2.05, 4.69) is 28.6 Å². The second-order valence-corrected chi connectivity index (χ2v) is 7.71. The number of para-hydroxylation sites is 1. The molecule has 3 aromatic rings. The smallest absolute Gasteiger partial charge is 0.246 e. The maximum atomic E-state index is 12.7. The monoisotopic (exact) mass is 418 g/mol. The van der Waals surface area contributed by atoms with Crippen molar-refractivity contribution in [3.05, 3.63) is 65.1 Å². The molecule has 0 unspecified atom stereocenters. The molecule has 4 rings (SSSR count). The van der Waals surface area contributed by atoms with Crippen LogP contribution in [-0.2, 0) is 29.1 Å². The highest BCUT2D eigenvalue weighted by molar-refractivity contribution is 5.93. The molecule has 7 nitrogen and oxygen atoms in total. The largest absolute Gasteiger partial charge is 0.459 e. The summed E-state index contributed by atoms with van der Waals surface area (Å²) in [7, 11) is 1.77. The van der Waals surface area contributed by atoms with Crippen molar-refractivity contribution in [1.82, 2.24) is 15.2 Å². The lowest BCUT2D eigenvalue weighted by Crippen LogP contribution is -2.24. The Labute approximate surface area is 181 Å². The maximum absolute atomic E-state index is 12.7. The van der Waals surface area contributed by atoms with Gasteiger partial charge in [-0.25, -0.2) is 4.98 Å². The number of anilines is 1. The van der Waals surface area contributed by atoms with Gasteiger partial charge in [-0.3, -0.25) is 9.59 Å². The second kappa shape index (κ2) is 9.14. The zero-order chi connectivity index (χ0) is 21.8. The molecular formula is C24H26N4O3. The van der Waals surface area contributed by atoms with E-state index in [4.69, 9.17) is 4.42 Å². The second-order valence-electron chi connectivity index (χ2n) is 7.71. The summed E-state index contributed by atoms with van der Waals surface area (Å²) in [5.41, 5.74) is 3.72. The van der Waals surface area contributed by atoms with Gasteiger partial charge in [0.1, 0.15) is 17.2 Å². The van der Waals surface area contributed by atoms with Gasteiger partial charge in [0.05, 0.1) is 13.1 Å². The first-order chi connectivity index (χ1) is 15.0. The van der Waals surface area contributed by atoms with Gasteiger partial charge in [0.2, 0.25) is 11.8 Å². The number of amides is 2. The third-order valence-corrected chi connectivity index (χ3v) is 5.30. The fourth-order valence-corrected chi connectivity index (χ4v) is 3.74. The molecule has 160 valence electrons. The molecular weight excluding hydrogens is 392 g/mol. The van der Waals surface area contributed by atoms with E-state index in [1.54, 1.807) is 24.2 Å². The van der Waals surface area contributed by atoms with Crippen molar-refractivity contribution >= 4 is 34.7 Å². The third kappa shape index (κ3) is 4.67. The van der Waals surface area contributed by atoms with Crippen LogP contribution in [0.1, 0.15) is 35.8 Å². The first kappa shape index (κ1) is 20.8. The molecule has 31 heavy (non-hydrogen) atoms. The van der Waals surface area contributed by atoms with Crippen LogP contribution >= 0.6 is 0 Å².